The van der Waals surface area contributed by atoms with Crippen molar-refractivity contribution in [3.05, 3.63) is 34.8 Å². The number of aryl methyl sites for hydroxylation is 1. The molecule has 1 atom stereocenters. The maximum Gasteiger partial charge on any atom is 0.257 e. The van der Waals surface area contributed by atoms with Crippen molar-refractivity contribution in [1.29, 1.82) is 0 Å². The minimum Gasteiger partial charge on any atom is -0.342 e. The van der Waals surface area contributed by atoms with Crippen molar-refractivity contribution in [3.8, 4) is 0 Å². The van der Waals surface area contributed by atoms with Crippen LogP contribution in [0.25, 0.3) is 0 Å². The summed E-state index contributed by atoms with van der Waals surface area (Å²) in [6, 6.07) is 6.60. The van der Waals surface area contributed by atoms with E-state index in [9.17, 15) is 14.4 Å². The molecular formula is C19H23N5O3S. The molecular weight excluding hydrogens is 378 g/mol. The molecule has 1 aliphatic rings. The molecule has 0 radical (unpaired) electrons. The first kappa shape index (κ1) is 19.9. The number of hydrogen-bond acceptors (Lipinski definition) is 6. The second kappa shape index (κ2) is 8.92. The standard InChI is InChI=1S/C19H23N5O3S/c1-3-4-9-24-11-14(10-16(24)25)18(27)20-15-7-5-13(6-8-15)17(26)21-19-23-22-12(2)28-19/h5-8,14H,3-4,9-11H2,1-2H3,(H,20,27)(H,21,23,26). The maximum atomic E-state index is 12.5. The zero-order valence-electron chi connectivity index (χ0n) is 15.9. The second-order valence-corrected chi connectivity index (χ2v) is 7.92. The van der Waals surface area contributed by atoms with Crippen LogP contribution in [0.4, 0.5) is 10.8 Å². The number of nitrogens with zero attached hydrogens (tertiary/aromatic N) is 3. The van der Waals surface area contributed by atoms with Gasteiger partial charge in [0.2, 0.25) is 16.9 Å². The van der Waals surface area contributed by atoms with Gasteiger partial charge in [0.15, 0.2) is 0 Å². The van der Waals surface area contributed by atoms with E-state index in [0.717, 1.165) is 17.8 Å². The lowest BCUT2D eigenvalue weighted by Gasteiger charge is -2.16. The summed E-state index contributed by atoms with van der Waals surface area (Å²) in [6.07, 6.45) is 2.21. The Labute approximate surface area is 167 Å². The number of anilines is 2. The van der Waals surface area contributed by atoms with Gasteiger partial charge in [-0.2, -0.15) is 0 Å². The number of carbonyl (C=O) groups is 3. The van der Waals surface area contributed by atoms with Crippen molar-refractivity contribution >= 4 is 39.9 Å². The van der Waals surface area contributed by atoms with Crippen molar-refractivity contribution in [2.45, 2.75) is 33.1 Å². The van der Waals surface area contributed by atoms with Gasteiger partial charge in [0.05, 0.1) is 5.92 Å². The lowest BCUT2D eigenvalue weighted by Crippen LogP contribution is -2.29. The van der Waals surface area contributed by atoms with Gasteiger partial charge < -0.3 is 10.2 Å². The Balaban J connectivity index is 1.54. The summed E-state index contributed by atoms with van der Waals surface area (Å²) in [5.74, 6) is -0.767. The molecule has 8 nitrogen and oxygen atoms in total. The Morgan fingerprint density at radius 2 is 1.96 bits per heavy atom. The van der Waals surface area contributed by atoms with Crippen LogP contribution in [0.2, 0.25) is 0 Å². The number of likely N-dealkylation sites (tertiary alicyclic amines) is 1. The number of benzene rings is 1. The molecule has 1 fully saturated rings. The van der Waals surface area contributed by atoms with Gasteiger partial charge >= 0.3 is 0 Å². The molecule has 2 heterocycles. The van der Waals surface area contributed by atoms with Gasteiger partial charge in [-0.3, -0.25) is 19.7 Å². The predicted molar refractivity (Wildman–Crippen MR) is 107 cm³/mol. The molecule has 1 aromatic carbocycles. The Morgan fingerprint density at radius 3 is 2.61 bits per heavy atom. The predicted octanol–water partition coefficient (Wildman–Crippen LogP) is 2.69. The number of hydrogen-bond donors (Lipinski definition) is 2. The first-order chi connectivity index (χ1) is 13.5. The normalized spacial score (nSPS) is 16.3. The molecule has 0 saturated carbocycles. The fraction of sp³-hybridized carbons (Fsp3) is 0.421. The fourth-order valence-electron chi connectivity index (χ4n) is 2.98. The van der Waals surface area contributed by atoms with E-state index in [4.69, 9.17) is 0 Å². The average Bonchev–Trinajstić information content (AvgIpc) is 3.25. The molecule has 0 spiro atoms. The summed E-state index contributed by atoms with van der Waals surface area (Å²) in [4.78, 5) is 38.5. The van der Waals surface area contributed by atoms with Gasteiger partial charge in [0.25, 0.3) is 5.91 Å². The van der Waals surface area contributed by atoms with Crippen LogP contribution in [0, 0.1) is 12.8 Å². The van der Waals surface area contributed by atoms with E-state index < -0.39 is 0 Å². The van der Waals surface area contributed by atoms with Crippen LogP contribution < -0.4 is 10.6 Å². The van der Waals surface area contributed by atoms with Gasteiger partial charge in [-0.15, -0.1) is 10.2 Å². The topological polar surface area (TPSA) is 104 Å². The summed E-state index contributed by atoms with van der Waals surface area (Å²) < 4.78 is 0. The lowest BCUT2D eigenvalue weighted by atomic mass is 10.1. The highest BCUT2D eigenvalue weighted by Gasteiger charge is 2.33. The third kappa shape index (κ3) is 4.92. The van der Waals surface area contributed by atoms with Crippen molar-refractivity contribution in [3.63, 3.8) is 0 Å². The third-order valence-corrected chi connectivity index (χ3v) is 5.28. The maximum absolute atomic E-state index is 12.5. The van der Waals surface area contributed by atoms with E-state index in [-0.39, 0.29) is 30.1 Å². The smallest absolute Gasteiger partial charge is 0.257 e. The molecule has 28 heavy (non-hydrogen) atoms. The molecule has 0 bridgehead atoms. The van der Waals surface area contributed by atoms with E-state index in [1.54, 1.807) is 29.2 Å². The van der Waals surface area contributed by atoms with Crippen LogP contribution in [0.1, 0.15) is 41.6 Å². The Hall–Kier alpha value is -2.81. The lowest BCUT2D eigenvalue weighted by molar-refractivity contribution is -0.128. The van der Waals surface area contributed by atoms with Gasteiger partial charge in [-0.05, 0) is 37.6 Å². The summed E-state index contributed by atoms with van der Waals surface area (Å²) in [7, 11) is 0. The average molecular weight is 401 g/mol. The molecule has 9 heteroatoms. The highest BCUT2D eigenvalue weighted by atomic mass is 32.1. The number of unbranched alkanes of at least 4 members (excludes halogenated alkanes) is 1. The van der Waals surface area contributed by atoms with Crippen LogP contribution in [0.3, 0.4) is 0 Å². The molecule has 1 unspecified atom stereocenters. The van der Waals surface area contributed by atoms with Crippen molar-refractivity contribution in [2.75, 3.05) is 23.7 Å². The van der Waals surface area contributed by atoms with Crippen LogP contribution in [0.5, 0.6) is 0 Å². The molecule has 2 aromatic rings. The molecule has 3 amide bonds. The zero-order chi connectivity index (χ0) is 20.1. The Bertz CT molecular complexity index is 865. The van der Waals surface area contributed by atoms with Gasteiger partial charge in [-0.1, -0.05) is 24.7 Å². The second-order valence-electron chi connectivity index (χ2n) is 6.74. The first-order valence-electron chi connectivity index (χ1n) is 9.26. The first-order valence-corrected chi connectivity index (χ1v) is 10.1. The number of nitrogens with one attached hydrogen (secondary N) is 2. The number of rotatable bonds is 7. The van der Waals surface area contributed by atoms with Crippen molar-refractivity contribution < 1.29 is 14.4 Å². The molecule has 2 N–H and O–H groups in total. The number of aromatic nitrogens is 2. The van der Waals surface area contributed by atoms with E-state index in [1.807, 2.05) is 6.92 Å². The van der Waals surface area contributed by atoms with Gasteiger partial charge in [-0.25, -0.2) is 0 Å². The Morgan fingerprint density at radius 1 is 1.21 bits per heavy atom. The monoisotopic (exact) mass is 401 g/mol. The molecule has 1 aromatic heterocycles. The van der Waals surface area contributed by atoms with Crippen LogP contribution in [-0.2, 0) is 9.59 Å². The molecule has 0 aliphatic carbocycles. The summed E-state index contributed by atoms with van der Waals surface area (Å²) in [5, 5.41) is 14.4. The Kier molecular flexibility index (Phi) is 6.35. The van der Waals surface area contributed by atoms with E-state index in [0.29, 0.717) is 29.5 Å². The SMILES string of the molecule is CCCCN1CC(C(=O)Nc2ccc(C(=O)Nc3nnc(C)s3)cc2)CC1=O. The van der Waals surface area contributed by atoms with Gasteiger partial charge in [0, 0.05) is 30.8 Å². The van der Waals surface area contributed by atoms with Crippen LogP contribution in [0.15, 0.2) is 24.3 Å². The quantitative estimate of drug-likeness (QED) is 0.742. The van der Waals surface area contributed by atoms with Crippen LogP contribution in [-0.4, -0.2) is 45.9 Å². The van der Waals surface area contributed by atoms with E-state index >= 15 is 0 Å². The summed E-state index contributed by atoms with van der Waals surface area (Å²) >= 11 is 1.30. The van der Waals surface area contributed by atoms with Crippen molar-refractivity contribution in [2.24, 2.45) is 5.92 Å². The highest BCUT2D eigenvalue weighted by Crippen LogP contribution is 2.21. The highest BCUT2D eigenvalue weighted by molar-refractivity contribution is 7.15. The number of amides is 3. The third-order valence-electron chi connectivity index (χ3n) is 4.53. The van der Waals surface area contributed by atoms with E-state index in [1.165, 1.54) is 11.3 Å². The van der Waals surface area contributed by atoms with Crippen LogP contribution >= 0.6 is 11.3 Å². The molecule has 1 saturated heterocycles. The molecule has 1 aliphatic heterocycles. The molecule has 3 rings (SSSR count). The minimum atomic E-state index is -0.340. The number of carbonyl (C=O) groups excluding carboxylic acids is 3. The largest absolute Gasteiger partial charge is 0.342 e. The van der Waals surface area contributed by atoms with Gasteiger partial charge in [0.1, 0.15) is 5.01 Å². The zero-order valence-corrected chi connectivity index (χ0v) is 16.7. The molecule has 148 valence electrons. The minimum absolute atomic E-state index is 0.0348. The van der Waals surface area contributed by atoms with E-state index in [2.05, 4.69) is 27.8 Å². The summed E-state index contributed by atoms with van der Waals surface area (Å²) in [6.45, 7) is 5.05. The summed E-state index contributed by atoms with van der Waals surface area (Å²) in [5.41, 5.74) is 1.04. The van der Waals surface area contributed by atoms with Crippen molar-refractivity contribution in [1.82, 2.24) is 15.1 Å². The fourth-order valence-corrected chi connectivity index (χ4v) is 3.57.